The summed E-state index contributed by atoms with van der Waals surface area (Å²) < 4.78 is 5.35. The Hall–Kier alpha value is -0.990. The summed E-state index contributed by atoms with van der Waals surface area (Å²) in [4.78, 5) is 12.5. The molecular formula is C7H9NO2. The number of ether oxygens (including phenoxy) is 1. The van der Waals surface area contributed by atoms with E-state index in [0.29, 0.717) is 13.0 Å². The maximum atomic E-state index is 10.8. The molecule has 0 spiro atoms. The number of carbonyl (C=O) groups is 1. The van der Waals surface area contributed by atoms with Crippen LogP contribution in [0.4, 0.5) is 0 Å². The molecule has 3 heteroatoms. The molecule has 0 aromatic heterocycles. The zero-order valence-corrected chi connectivity index (χ0v) is 5.83. The molecule has 0 N–H and O–H groups in total. The SMILES string of the molecule is C/C=C1/CN2C(=O)CC2O1. The third kappa shape index (κ3) is 0.574. The van der Waals surface area contributed by atoms with Crippen molar-refractivity contribution in [2.24, 2.45) is 0 Å². The maximum absolute atomic E-state index is 10.8. The van der Waals surface area contributed by atoms with Crippen molar-refractivity contribution in [2.45, 2.75) is 19.6 Å². The van der Waals surface area contributed by atoms with Gasteiger partial charge in [0, 0.05) is 0 Å². The Morgan fingerprint density at radius 2 is 2.60 bits per heavy atom. The zero-order chi connectivity index (χ0) is 7.14. The summed E-state index contributed by atoms with van der Waals surface area (Å²) in [5.74, 6) is 1.14. The van der Waals surface area contributed by atoms with Gasteiger partial charge in [0.1, 0.15) is 5.76 Å². The van der Waals surface area contributed by atoms with Crippen LogP contribution >= 0.6 is 0 Å². The number of hydrogen-bond acceptors (Lipinski definition) is 2. The van der Waals surface area contributed by atoms with Gasteiger partial charge in [-0.15, -0.1) is 0 Å². The third-order valence-corrected chi connectivity index (χ3v) is 1.95. The largest absolute Gasteiger partial charge is 0.473 e. The predicted octanol–water partition coefficient (Wildman–Crippen LogP) is 0.479. The highest BCUT2D eigenvalue weighted by Gasteiger charge is 2.43. The van der Waals surface area contributed by atoms with E-state index >= 15 is 0 Å². The highest BCUT2D eigenvalue weighted by molar-refractivity contribution is 5.83. The van der Waals surface area contributed by atoms with Gasteiger partial charge in [0.15, 0.2) is 6.23 Å². The quantitative estimate of drug-likeness (QED) is 0.457. The van der Waals surface area contributed by atoms with Crippen molar-refractivity contribution in [3.63, 3.8) is 0 Å². The fourth-order valence-electron chi connectivity index (χ4n) is 1.26. The molecule has 0 aromatic carbocycles. The molecule has 2 rings (SSSR count). The predicted molar refractivity (Wildman–Crippen MR) is 35.0 cm³/mol. The van der Waals surface area contributed by atoms with Gasteiger partial charge >= 0.3 is 0 Å². The second-order valence-corrected chi connectivity index (χ2v) is 2.55. The van der Waals surface area contributed by atoms with E-state index in [1.165, 1.54) is 0 Å². The third-order valence-electron chi connectivity index (χ3n) is 1.95. The number of nitrogens with zero attached hydrogens (tertiary/aromatic N) is 1. The smallest absolute Gasteiger partial charge is 0.231 e. The lowest BCUT2D eigenvalue weighted by molar-refractivity contribution is -0.154. The molecule has 3 nitrogen and oxygen atoms in total. The first-order valence-electron chi connectivity index (χ1n) is 3.42. The number of allylic oxidation sites excluding steroid dienone is 1. The first-order chi connectivity index (χ1) is 4.81. The first kappa shape index (κ1) is 5.77. The number of fused-ring (bicyclic) bond motifs is 1. The minimum atomic E-state index is 0.0682. The lowest BCUT2D eigenvalue weighted by Crippen LogP contribution is -2.48. The zero-order valence-electron chi connectivity index (χ0n) is 5.83. The molecular weight excluding hydrogens is 130 g/mol. The highest BCUT2D eigenvalue weighted by Crippen LogP contribution is 2.30. The lowest BCUT2D eigenvalue weighted by atomic mass is 10.2. The summed E-state index contributed by atoms with van der Waals surface area (Å²) in [5, 5.41) is 0. The van der Waals surface area contributed by atoms with E-state index in [4.69, 9.17) is 4.74 Å². The molecule has 2 heterocycles. The number of amides is 1. The van der Waals surface area contributed by atoms with Crippen molar-refractivity contribution >= 4 is 5.91 Å². The second kappa shape index (κ2) is 1.75. The van der Waals surface area contributed by atoms with Crippen LogP contribution in [0.2, 0.25) is 0 Å². The van der Waals surface area contributed by atoms with Crippen LogP contribution < -0.4 is 0 Å². The molecule has 10 heavy (non-hydrogen) atoms. The highest BCUT2D eigenvalue weighted by atomic mass is 16.5. The van der Waals surface area contributed by atoms with E-state index < -0.39 is 0 Å². The van der Waals surface area contributed by atoms with Gasteiger partial charge in [0.25, 0.3) is 0 Å². The summed E-state index contributed by atoms with van der Waals surface area (Å²) >= 11 is 0. The molecule has 2 fully saturated rings. The van der Waals surface area contributed by atoms with Crippen molar-refractivity contribution < 1.29 is 9.53 Å². The van der Waals surface area contributed by atoms with Crippen molar-refractivity contribution in [3.8, 4) is 0 Å². The van der Waals surface area contributed by atoms with Gasteiger partial charge < -0.3 is 4.74 Å². The minimum Gasteiger partial charge on any atom is -0.473 e. The van der Waals surface area contributed by atoms with Crippen LogP contribution in [0, 0.1) is 0 Å². The molecule has 0 bridgehead atoms. The molecule has 2 aliphatic rings. The van der Waals surface area contributed by atoms with Gasteiger partial charge in [-0.05, 0) is 13.0 Å². The van der Waals surface area contributed by atoms with Gasteiger partial charge in [0.05, 0.1) is 13.0 Å². The van der Waals surface area contributed by atoms with Gasteiger partial charge in [-0.1, -0.05) is 0 Å². The Morgan fingerprint density at radius 3 is 3.10 bits per heavy atom. The van der Waals surface area contributed by atoms with Gasteiger partial charge in [-0.3, -0.25) is 9.69 Å². The first-order valence-corrected chi connectivity index (χ1v) is 3.42. The normalized spacial score (nSPS) is 33.7. The van der Waals surface area contributed by atoms with Crippen LogP contribution in [0.25, 0.3) is 0 Å². The standard InChI is InChI=1S/C7H9NO2/c1-2-5-4-8-6(9)3-7(8)10-5/h2,7H,3-4H2,1H3/b5-2-. The van der Waals surface area contributed by atoms with Crippen molar-refractivity contribution in [1.29, 1.82) is 0 Å². The Labute approximate surface area is 59.3 Å². The Bertz CT molecular complexity index is 210. The molecule has 0 aliphatic carbocycles. The van der Waals surface area contributed by atoms with Gasteiger partial charge in [-0.2, -0.15) is 0 Å². The Morgan fingerprint density at radius 1 is 1.80 bits per heavy atom. The average Bonchev–Trinajstić information content (AvgIpc) is 2.26. The lowest BCUT2D eigenvalue weighted by Gasteiger charge is -2.30. The molecule has 2 saturated heterocycles. The Balaban J connectivity index is 2.12. The van der Waals surface area contributed by atoms with E-state index in [2.05, 4.69) is 0 Å². The average molecular weight is 139 g/mol. The van der Waals surface area contributed by atoms with Crippen LogP contribution in [0.1, 0.15) is 13.3 Å². The fourth-order valence-corrected chi connectivity index (χ4v) is 1.26. The van der Waals surface area contributed by atoms with E-state index in [0.717, 1.165) is 5.76 Å². The topological polar surface area (TPSA) is 29.5 Å². The van der Waals surface area contributed by atoms with Crippen molar-refractivity contribution in [2.75, 3.05) is 6.54 Å². The summed E-state index contributed by atoms with van der Waals surface area (Å²) in [5.41, 5.74) is 0. The summed E-state index contributed by atoms with van der Waals surface area (Å²) in [6.07, 6.45) is 2.54. The van der Waals surface area contributed by atoms with Crippen LogP contribution in [0.15, 0.2) is 11.8 Å². The summed E-state index contributed by atoms with van der Waals surface area (Å²) in [6.45, 7) is 2.60. The van der Waals surface area contributed by atoms with Crippen LogP contribution in [-0.4, -0.2) is 23.6 Å². The Kier molecular flexibility index (Phi) is 1.01. The van der Waals surface area contributed by atoms with Crippen LogP contribution in [0.5, 0.6) is 0 Å². The monoisotopic (exact) mass is 139 g/mol. The van der Waals surface area contributed by atoms with E-state index in [-0.39, 0.29) is 12.1 Å². The molecule has 1 unspecified atom stereocenters. The molecule has 0 aromatic rings. The molecule has 0 radical (unpaired) electrons. The minimum absolute atomic E-state index is 0.0682. The summed E-state index contributed by atoms with van der Waals surface area (Å²) in [6, 6.07) is 0. The molecule has 0 saturated carbocycles. The van der Waals surface area contributed by atoms with Crippen LogP contribution in [0.3, 0.4) is 0 Å². The van der Waals surface area contributed by atoms with E-state index in [9.17, 15) is 4.79 Å². The number of rotatable bonds is 0. The summed E-state index contributed by atoms with van der Waals surface area (Å²) in [7, 11) is 0. The molecule has 2 aliphatic heterocycles. The fraction of sp³-hybridized carbons (Fsp3) is 0.571. The van der Waals surface area contributed by atoms with Crippen molar-refractivity contribution in [3.05, 3.63) is 11.8 Å². The van der Waals surface area contributed by atoms with Crippen LogP contribution in [-0.2, 0) is 9.53 Å². The maximum Gasteiger partial charge on any atom is 0.231 e. The van der Waals surface area contributed by atoms with Gasteiger partial charge in [-0.25, -0.2) is 0 Å². The molecule has 1 atom stereocenters. The van der Waals surface area contributed by atoms with E-state index in [1.54, 1.807) is 4.90 Å². The van der Waals surface area contributed by atoms with Crippen molar-refractivity contribution in [1.82, 2.24) is 4.90 Å². The van der Waals surface area contributed by atoms with Gasteiger partial charge in [0.2, 0.25) is 5.91 Å². The number of hydrogen-bond donors (Lipinski definition) is 0. The second-order valence-electron chi connectivity index (χ2n) is 2.55. The number of carbonyl (C=O) groups excluding carboxylic acids is 1. The molecule has 1 amide bonds. The molecule has 54 valence electrons. The number of β-lactam (4-membered cyclic amide) rings is 1. The van der Waals surface area contributed by atoms with E-state index in [1.807, 2.05) is 13.0 Å².